The molecule has 0 fully saturated rings. The Labute approximate surface area is 110 Å². The van der Waals surface area contributed by atoms with Crippen LogP contribution in [0.5, 0.6) is 5.75 Å². The lowest BCUT2D eigenvalue weighted by molar-refractivity contribution is -0.384. The van der Waals surface area contributed by atoms with Gasteiger partial charge in [0.15, 0.2) is 0 Å². The lowest BCUT2D eigenvalue weighted by atomic mass is 10.3. The van der Waals surface area contributed by atoms with Crippen molar-refractivity contribution in [2.45, 2.75) is 0 Å². The number of nitro benzene ring substituents is 1. The first kappa shape index (κ1) is 13.3. The van der Waals surface area contributed by atoms with Crippen molar-refractivity contribution in [1.29, 1.82) is 0 Å². The molecule has 0 aliphatic carbocycles. The Bertz CT molecular complexity index is 437. The monoisotopic (exact) mass is 325 g/mol. The maximum Gasteiger partial charge on any atom is 0.273 e. The van der Waals surface area contributed by atoms with E-state index in [4.69, 9.17) is 27.9 Å². The first-order valence-corrected chi connectivity index (χ1v) is 5.67. The largest absolute Gasteiger partial charge is 0.487 e. The Hall–Kier alpha value is -0.780. The van der Waals surface area contributed by atoms with Gasteiger partial charge >= 0.3 is 0 Å². The average Bonchev–Trinajstić information content (AvgIpc) is 2.27. The molecule has 1 aromatic carbocycles. The van der Waals surface area contributed by atoms with Gasteiger partial charge in [-0.25, -0.2) is 0 Å². The lowest BCUT2D eigenvalue weighted by Crippen LogP contribution is -1.98. The maximum atomic E-state index is 10.5. The molecule has 0 unspecified atom stereocenters. The SMILES string of the molecule is O=[N+]([O-])c1ccc(Br)c(OC/C(Cl)=C/Cl)c1. The molecule has 1 rings (SSSR count). The highest BCUT2D eigenvalue weighted by molar-refractivity contribution is 9.10. The third-order valence-corrected chi connectivity index (χ3v) is 2.86. The number of ether oxygens (including phenoxy) is 1. The molecule has 0 saturated carbocycles. The van der Waals surface area contributed by atoms with Crippen molar-refractivity contribution in [3.8, 4) is 5.75 Å². The van der Waals surface area contributed by atoms with Crippen molar-refractivity contribution in [3.63, 3.8) is 0 Å². The first-order chi connectivity index (χ1) is 7.54. The Morgan fingerprint density at radius 2 is 2.31 bits per heavy atom. The van der Waals surface area contributed by atoms with E-state index in [0.29, 0.717) is 15.3 Å². The van der Waals surface area contributed by atoms with Gasteiger partial charge in [0.05, 0.1) is 20.5 Å². The van der Waals surface area contributed by atoms with Crippen LogP contribution in [0, 0.1) is 10.1 Å². The summed E-state index contributed by atoms with van der Waals surface area (Å²) in [6.45, 7) is 0.0603. The van der Waals surface area contributed by atoms with Crippen LogP contribution in [0.2, 0.25) is 0 Å². The van der Waals surface area contributed by atoms with E-state index in [1.165, 1.54) is 23.7 Å². The fourth-order valence-corrected chi connectivity index (χ4v) is 1.37. The molecule has 0 saturated heterocycles. The zero-order valence-corrected chi connectivity index (χ0v) is 10.9. The molecule has 0 aromatic heterocycles. The van der Waals surface area contributed by atoms with Gasteiger partial charge in [-0.2, -0.15) is 0 Å². The van der Waals surface area contributed by atoms with E-state index < -0.39 is 4.92 Å². The number of benzene rings is 1. The minimum atomic E-state index is -0.502. The Kier molecular flexibility index (Phi) is 5.05. The highest BCUT2D eigenvalue weighted by atomic mass is 79.9. The summed E-state index contributed by atoms with van der Waals surface area (Å²) in [5, 5.41) is 10.8. The van der Waals surface area contributed by atoms with E-state index in [0.717, 1.165) is 0 Å². The van der Waals surface area contributed by atoms with Gasteiger partial charge in [-0.3, -0.25) is 10.1 Å². The smallest absolute Gasteiger partial charge is 0.273 e. The predicted molar refractivity (Wildman–Crippen MR) is 66.1 cm³/mol. The molecule has 16 heavy (non-hydrogen) atoms. The fraction of sp³-hybridized carbons (Fsp3) is 0.111. The molecule has 0 bridgehead atoms. The Morgan fingerprint density at radius 3 is 2.88 bits per heavy atom. The number of rotatable bonds is 4. The molecule has 0 amide bonds. The second-order valence-electron chi connectivity index (χ2n) is 2.72. The first-order valence-electron chi connectivity index (χ1n) is 4.06. The van der Waals surface area contributed by atoms with Crippen molar-refractivity contribution in [2.24, 2.45) is 0 Å². The zero-order valence-electron chi connectivity index (χ0n) is 7.82. The predicted octanol–water partition coefficient (Wildman–Crippen LogP) is 4.06. The van der Waals surface area contributed by atoms with E-state index in [1.54, 1.807) is 0 Å². The van der Waals surface area contributed by atoms with Gasteiger partial charge in [0.1, 0.15) is 12.4 Å². The van der Waals surface area contributed by atoms with E-state index in [2.05, 4.69) is 15.9 Å². The number of nitro groups is 1. The number of hydrogen-bond donors (Lipinski definition) is 0. The van der Waals surface area contributed by atoms with E-state index in [-0.39, 0.29) is 12.3 Å². The molecule has 86 valence electrons. The molecule has 0 spiro atoms. The summed E-state index contributed by atoms with van der Waals surface area (Å²) in [4.78, 5) is 10.0. The lowest BCUT2D eigenvalue weighted by Gasteiger charge is -2.06. The van der Waals surface area contributed by atoms with Gasteiger partial charge in [0, 0.05) is 11.6 Å². The normalized spacial score (nSPS) is 11.3. The standard InChI is InChI=1S/C9H6BrCl2NO3/c10-8-2-1-7(13(14)15)3-9(8)16-5-6(12)4-11/h1-4H,5H2/b6-4-. The maximum absolute atomic E-state index is 10.5. The van der Waals surface area contributed by atoms with Crippen LogP contribution in [0.3, 0.4) is 0 Å². The van der Waals surface area contributed by atoms with Crippen LogP contribution in [0.25, 0.3) is 0 Å². The van der Waals surface area contributed by atoms with Crippen molar-refractivity contribution >= 4 is 44.8 Å². The van der Waals surface area contributed by atoms with Crippen LogP contribution in [0.1, 0.15) is 0 Å². The highest BCUT2D eigenvalue weighted by Crippen LogP contribution is 2.29. The summed E-state index contributed by atoms with van der Waals surface area (Å²) in [5.41, 5.74) is 1.12. The summed E-state index contributed by atoms with van der Waals surface area (Å²) in [6.07, 6.45) is 0. The third-order valence-electron chi connectivity index (χ3n) is 1.61. The molecule has 1 aromatic rings. The van der Waals surface area contributed by atoms with Gasteiger partial charge in [-0.05, 0) is 22.0 Å². The van der Waals surface area contributed by atoms with Crippen LogP contribution in [0.4, 0.5) is 5.69 Å². The third kappa shape index (κ3) is 3.66. The van der Waals surface area contributed by atoms with Crippen LogP contribution >= 0.6 is 39.1 Å². The van der Waals surface area contributed by atoms with Crippen LogP contribution < -0.4 is 4.74 Å². The summed E-state index contributed by atoms with van der Waals surface area (Å²) >= 11 is 14.2. The van der Waals surface area contributed by atoms with Gasteiger partial charge in [-0.1, -0.05) is 23.2 Å². The van der Waals surface area contributed by atoms with Crippen LogP contribution in [-0.4, -0.2) is 11.5 Å². The quantitative estimate of drug-likeness (QED) is 0.619. The summed E-state index contributed by atoms with van der Waals surface area (Å²) in [5.74, 6) is 0.339. The molecule has 4 nitrogen and oxygen atoms in total. The van der Waals surface area contributed by atoms with Gasteiger partial charge in [0.25, 0.3) is 5.69 Å². The van der Waals surface area contributed by atoms with Gasteiger partial charge in [-0.15, -0.1) is 0 Å². The van der Waals surface area contributed by atoms with E-state index in [1.807, 2.05) is 0 Å². The summed E-state index contributed by atoms with van der Waals surface area (Å²) in [7, 11) is 0. The van der Waals surface area contributed by atoms with Crippen molar-refractivity contribution in [2.75, 3.05) is 6.61 Å². The van der Waals surface area contributed by atoms with E-state index >= 15 is 0 Å². The molecule has 0 aliphatic rings. The van der Waals surface area contributed by atoms with Gasteiger partial charge < -0.3 is 4.74 Å². The van der Waals surface area contributed by atoms with Crippen LogP contribution in [-0.2, 0) is 0 Å². The molecule has 0 atom stereocenters. The Morgan fingerprint density at radius 1 is 1.62 bits per heavy atom. The minimum Gasteiger partial charge on any atom is -0.487 e. The fourth-order valence-electron chi connectivity index (χ4n) is 0.894. The topological polar surface area (TPSA) is 52.4 Å². The highest BCUT2D eigenvalue weighted by Gasteiger charge is 2.10. The number of non-ortho nitro benzene ring substituents is 1. The van der Waals surface area contributed by atoms with E-state index in [9.17, 15) is 10.1 Å². The molecule has 0 radical (unpaired) electrons. The summed E-state index contributed by atoms with van der Waals surface area (Å²) in [6, 6.07) is 4.21. The van der Waals surface area contributed by atoms with Crippen molar-refractivity contribution < 1.29 is 9.66 Å². The van der Waals surface area contributed by atoms with Crippen molar-refractivity contribution in [1.82, 2.24) is 0 Å². The van der Waals surface area contributed by atoms with Crippen molar-refractivity contribution in [3.05, 3.63) is 43.4 Å². The molecular weight excluding hydrogens is 321 g/mol. The second kappa shape index (κ2) is 6.08. The molecule has 0 heterocycles. The minimum absolute atomic E-state index is 0.0517. The zero-order chi connectivity index (χ0) is 12.1. The molecule has 0 N–H and O–H groups in total. The molecule has 0 aliphatic heterocycles. The number of hydrogen-bond acceptors (Lipinski definition) is 3. The van der Waals surface area contributed by atoms with Crippen LogP contribution in [0.15, 0.2) is 33.2 Å². The molecular formula is C9H6BrCl2NO3. The molecule has 7 heteroatoms. The van der Waals surface area contributed by atoms with Gasteiger partial charge in [0.2, 0.25) is 0 Å². The Balaban J connectivity index is 2.86. The number of nitrogens with zero attached hydrogens (tertiary/aromatic N) is 1. The number of halogens is 3. The second-order valence-corrected chi connectivity index (χ2v) is 4.27. The average molecular weight is 327 g/mol. The summed E-state index contributed by atoms with van der Waals surface area (Å²) < 4.78 is 5.85.